The number of rotatable bonds is 8. The van der Waals surface area contributed by atoms with Crippen molar-refractivity contribution >= 4 is 11.9 Å². The SMILES string of the molecule is CN=C(NCCCNC(=O)c1occc1C)NCC1(c2ccccc2)CCC1. The van der Waals surface area contributed by atoms with Crippen LogP contribution in [0.2, 0.25) is 0 Å². The van der Waals surface area contributed by atoms with E-state index in [9.17, 15) is 4.79 Å². The molecular formula is C22H30N4O2. The standard InChI is InChI=1S/C22H30N4O2/c1-17-10-15-28-19(17)20(27)24-13-7-14-25-21(23-2)26-16-22(11-6-12-22)18-8-4-3-5-9-18/h3-5,8-10,15H,6-7,11-14,16H2,1-2H3,(H,24,27)(H2,23,25,26). The van der Waals surface area contributed by atoms with Crippen LogP contribution < -0.4 is 16.0 Å². The Hall–Kier alpha value is -2.76. The molecule has 28 heavy (non-hydrogen) atoms. The van der Waals surface area contributed by atoms with E-state index in [2.05, 4.69) is 51.3 Å². The summed E-state index contributed by atoms with van der Waals surface area (Å²) in [4.78, 5) is 16.3. The van der Waals surface area contributed by atoms with Crippen LogP contribution in [0.15, 0.2) is 52.1 Å². The molecule has 1 aliphatic carbocycles. The fraction of sp³-hybridized carbons (Fsp3) is 0.455. The van der Waals surface area contributed by atoms with Crippen molar-refractivity contribution in [2.75, 3.05) is 26.7 Å². The Morgan fingerprint density at radius 3 is 2.46 bits per heavy atom. The van der Waals surface area contributed by atoms with Crippen molar-refractivity contribution in [1.82, 2.24) is 16.0 Å². The van der Waals surface area contributed by atoms with Crippen molar-refractivity contribution < 1.29 is 9.21 Å². The molecule has 1 fully saturated rings. The lowest BCUT2D eigenvalue weighted by molar-refractivity contribution is 0.0925. The van der Waals surface area contributed by atoms with Gasteiger partial charge in [0.05, 0.1) is 6.26 Å². The number of carbonyl (C=O) groups is 1. The van der Waals surface area contributed by atoms with E-state index in [0.717, 1.165) is 31.0 Å². The van der Waals surface area contributed by atoms with Crippen molar-refractivity contribution in [3.8, 4) is 0 Å². The van der Waals surface area contributed by atoms with E-state index >= 15 is 0 Å². The van der Waals surface area contributed by atoms with E-state index in [1.54, 1.807) is 13.1 Å². The summed E-state index contributed by atoms with van der Waals surface area (Å²) in [6, 6.07) is 12.5. The number of guanidine groups is 1. The zero-order chi connectivity index (χ0) is 19.8. The molecule has 6 nitrogen and oxygen atoms in total. The zero-order valence-electron chi connectivity index (χ0n) is 16.8. The van der Waals surface area contributed by atoms with Crippen molar-refractivity contribution in [2.45, 2.75) is 38.0 Å². The first kappa shape index (κ1) is 20.0. The van der Waals surface area contributed by atoms with Crippen molar-refractivity contribution in [3.05, 3.63) is 59.5 Å². The third-order valence-electron chi connectivity index (χ3n) is 5.51. The minimum absolute atomic E-state index is 0.167. The fourth-order valence-electron chi connectivity index (χ4n) is 3.62. The van der Waals surface area contributed by atoms with Crippen LogP contribution in [0.3, 0.4) is 0 Å². The maximum absolute atomic E-state index is 12.0. The molecule has 0 radical (unpaired) electrons. The summed E-state index contributed by atoms with van der Waals surface area (Å²) in [5.74, 6) is 1.02. The number of nitrogens with zero attached hydrogens (tertiary/aromatic N) is 1. The molecule has 3 N–H and O–H groups in total. The highest BCUT2D eigenvalue weighted by Gasteiger charge is 2.38. The van der Waals surface area contributed by atoms with E-state index in [-0.39, 0.29) is 11.3 Å². The topological polar surface area (TPSA) is 78.7 Å². The molecule has 1 aromatic heterocycles. The predicted molar refractivity (Wildman–Crippen MR) is 112 cm³/mol. The van der Waals surface area contributed by atoms with Crippen LogP contribution in [0.4, 0.5) is 0 Å². The molecule has 0 atom stereocenters. The molecule has 1 heterocycles. The van der Waals surface area contributed by atoms with Gasteiger partial charge in [-0.25, -0.2) is 0 Å². The number of aryl methyl sites for hydroxylation is 1. The van der Waals surface area contributed by atoms with E-state index in [0.29, 0.717) is 12.3 Å². The van der Waals surface area contributed by atoms with Crippen molar-refractivity contribution in [3.63, 3.8) is 0 Å². The molecule has 3 rings (SSSR count). The number of furan rings is 1. The largest absolute Gasteiger partial charge is 0.459 e. The van der Waals surface area contributed by atoms with E-state index in [1.165, 1.54) is 31.1 Å². The number of amides is 1. The Bertz CT molecular complexity index is 794. The van der Waals surface area contributed by atoms with Crippen LogP contribution in [0.5, 0.6) is 0 Å². The van der Waals surface area contributed by atoms with E-state index in [4.69, 9.17) is 4.42 Å². The predicted octanol–water partition coefficient (Wildman–Crippen LogP) is 2.99. The molecule has 1 aromatic carbocycles. The fourth-order valence-corrected chi connectivity index (χ4v) is 3.62. The third kappa shape index (κ3) is 4.74. The average Bonchev–Trinajstić information content (AvgIpc) is 3.12. The maximum atomic E-state index is 12.0. The van der Waals surface area contributed by atoms with Crippen LogP contribution in [0, 0.1) is 6.92 Å². The summed E-state index contributed by atoms with van der Waals surface area (Å²) in [5.41, 5.74) is 2.47. The number of benzene rings is 1. The number of aliphatic imine (C=N–C) groups is 1. The van der Waals surface area contributed by atoms with Crippen LogP contribution in [0.25, 0.3) is 0 Å². The van der Waals surface area contributed by atoms with Gasteiger partial charge in [0.1, 0.15) is 0 Å². The molecule has 0 saturated heterocycles. The molecule has 0 spiro atoms. The number of hydrogen-bond acceptors (Lipinski definition) is 3. The first-order valence-corrected chi connectivity index (χ1v) is 9.97. The highest BCUT2D eigenvalue weighted by molar-refractivity contribution is 5.92. The van der Waals surface area contributed by atoms with Gasteiger partial charge in [0.2, 0.25) is 0 Å². The van der Waals surface area contributed by atoms with Crippen LogP contribution in [0.1, 0.15) is 47.4 Å². The lowest BCUT2D eigenvalue weighted by atomic mass is 9.64. The van der Waals surface area contributed by atoms with Crippen LogP contribution in [-0.4, -0.2) is 38.5 Å². The van der Waals surface area contributed by atoms with Crippen molar-refractivity contribution in [2.24, 2.45) is 4.99 Å². The highest BCUT2D eigenvalue weighted by Crippen LogP contribution is 2.43. The second-order valence-electron chi connectivity index (χ2n) is 7.39. The van der Waals surface area contributed by atoms with Gasteiger partial charge in [0.15, 0.2) is 11.7 Å². The zero-order valence-corrected chi connectivity index (χ0v) is 16.8. The molecule has 1 amide bonds. The summed E-state index contributed by atoms with van der Waals surface area (Å²) < 4.78 is 5.20. The summed E-state index contributed by atoms with van der Waals surface area (Å²) in [5, 5.41) is 9.68. The van der Waals surface area contributed by atoms with Crippen molar-refractivity contribution in [1.29, 1.82) is 0 Å². The minimum Gasteiger partial charge on any atom is -0.459 e. The van der Waals surface area contributed by atoms with E-state index in [1.807, 2.05) is 6.92 Å². The normalized spacial score (nSPS) is 15.6. The molecule has 6 heteroatoms. The van der Waals surface area contributed by atoms with Gasteiger partial charge >= 0.3 is 0 Å². The molecule has 0 unspecified atom stereocenters. The van der Waals surface area contributed by atoms with Gasteiger partial charge in [-0.05, 0) is 37.8 Å². The minimum atomic E-state index is -0.167. The summed E-state index contributed by atoms with van der Waals surface area (Å²) in [6.07, 6.45) is 6.03. The number of nitrogens with one attached hydrogen (secondary N) is 3. The molecule has 2 aromatic rings. The number of carbonyl (C=O) groups excluding carboxylic acids is 1. The van der Waals surface area contributed by atoms with Gasteiger partial charge in [0, 0.05) is 37.7 Å². The van der Waals surface area contributed by atoms with Gasteiger partial charge in [-0.2, -0.15) is 0 Å². The maximum Gasteiger partial charge on any atom is 0.287 e. The monoisotopic (exact) mass is 382 g/mol. The Morgan fingerprint density at radius 1 is 1.11 bits per heavy atom. The van der Waals surface area contributed by atoms with Gasteiger partial charge in [-0.1, -0.05) is 36.8 Å². The Balaban J connectivity index is 1.38. The first-order chi connectivity index (χ1) is 13.6. The summed E-state index contributed by atoms with van der Waals surface area (Å²) in [7, 11) is 1.78. The molecule has 150 valence electrons. The smallest absolute Gasteiger partial charge is 0.287 e. The summed E-state index contributed by atoms with van der Waals surface area (Å²) in [6.45, 7) is 4.05. The van der Waals surface area contributed by atoms with Gasteiger partial charge in [-0.15, -0.1) is 0 Å². The van der Waals surface area contributed by atoms with Crippen LogP contribution in [-0.2, 0) is 5.41 Å². The lowest BCUT2D eigenvalue weighted by Gasteiger charge is -2.43. The molecule has 0 aliphatic heterocycles. The van der Waals surface area contributed by atoms with E-state index < -0.39 is 0 Å². The molecule has 0 bridgehead atoms. The lowest BCUT2D eigenvalue weighted by Crippen LogP contribution is -2.49. The third-order valence-corrected chi connectivity index (χ3v) is 5.51. The molecule has 1 aliphatic rings. The Kier molecular flexibility index (Phi) is 6.74. The second-order valence-corrected chi connectivity index (χ2v) is 7.39. The number of hydrogen-bond donors (Lipinski definition) is 3. The quantitative estimate of drug-likeness (QED) is 0.373. The Morgan fingerprint density at radius 2 is 1.86 bits per heavy atom. The highest BCUT2D eigenvalue weighted by atomic mass is 16.3. The Labute approximate surface area is 166 Å². The molecule has 1 saturated carbocycles. The second kappa shape index (κ2) is 9.44. The van der Waals surface area contributed by atoms with Crippen LogP contribution >= 0.6 is 0 Å². The van der Waals surface area contributed by atoms with Gasteiger partial charge in [0.25, 0.3) is 5.91 Å². The average molecular weight is 383 g/mol. The first-order valence-electron chi connectivity index (χ1n) is 9.97. The van der Waals surface area contributed by atoms with Gasteiger partial charge < -0.3 is 20.4 Å². The van der Waals surface area contributed by atoms with Gasteiger partial charge in [-0.3, -0.25) is 9.79 Å². The molecular weight excluding hydrogens is 352 g/mol. The summed E-state index contributed by atoms with van der Waals surface area (Å²) >= 11 is 0.